The van der Waals surface area contributed by atoms with Crippen LogP contribution in [-0.4, -0.2) is 12.0 Å². The first-order valence-electron chi connectivity index (χ1n) is 5.22. The molecule has 100 valence electrons. The van der Waals surface area contributed by atoms with Gasteiger partial charge in [0.1, 0.15) is 5.75 Å². The Bertz CT molecular complexity index is 543. The minimum absolute atomic E-state index is 0. The minimum atomic E-state index is -0.379. The molecule has 6 heteroatoms. The van der Waals surface area contributed by atoms with Crippen molar-refractivity contribution >= 4 is 5.69 Å². The van der Waals surface area contributed by atoms with Crippen LogP contribution in [-0.2, 0) is 0 Å². The number of methoxy groups -OCH3 is 1. The smallest absolute Gasteiger partial charge is 0.357 e. The molecule has 0 radical (unpaired) electrons. The zero-order chi connectivity index (χ0) is 13.0. The van der Waals surface area contributed by atoms with Crippen LogP contribution in [0.2, 0.25) is 0 Å². The van der Waals surface area contributed by atoms with E-state index in [0.717, 1.165) is 9.32 Å². The Morgan fingerprint density at radius 3 is 1.89 bits per heavy atom. The highest BCUT2D eigenvalue weighted by atomic mass is 127. The summed E-state index contributed by atoms with van der Waals surface area (Å²) in [5, 5.41) is 10.5. The third kappa shape index (κ3) is 4.46. The van der Waals surface area contributed by atoms with Crippen molar-refractivity contribution in [3.05, 3.63) is 65.8 Å². The highest BCUT2D eigenvalue weighted by Gasteiger charge is 2.16. The molecule has 0 aliphatic heterocycles. The maximum Gasteiger partial charge on any atom is 0.357 e. The first-order valence-corrected chi connectivity index (χ1v) is 7.38. The first kappa shape index (κ1) is 15.9. The van der Waals surface area contributed by atoms with Crippen LogP contribution in [0.3, 0.4) is 0 Å². The van der Waals surface area contributed by atoms with Crippen LogP contribution in [0.15, 0.2) is 48.5 Å². The molecule has 4 nitrogen and oxygen atoms in total. The van der Waals surface area contributed by atoms with Crippen molar-refractivity contribution in [2.75, 3.05) is 7.11 Å². The summed E-state index contributed by atoms with van der Waals surface area (Å²) in [5.74, 6) is 0.839. The van der Waals surface area contributed by atoms with Crippen molar-refractivity contribution < 1.29 is 47.8 Å². The van der Waals surface area contributed by atoms with E-state index in [9.17, 15) is 10.1 Å². The molecule has 0 amide bonds. The van der Waals surface area contributed by atoms with Crippen molar-refractivity contribution in [1.29, 1.82) is 0 Å². The standard InChI is InChI=1S/C13H11INO3.BrH/c1-18-13-8-4-11(5-9-13)14-10-2-6-12(7-3-10)15(16)17;/h2-9H,1H3;1H/q+1;/p-1. The molecule has 0 aliphatic carbocycles. The first-order chi connectivity index (χ1) is 8.69. The molecular formula is C13H11BrINO3. The molecule has 0 fully saturated rings. The lowest BCUT2D eigenvalue weighted by atomic mass is 10.3. The molecule has 19 heavy (non-hydrogen) atoms. The molecule has 0 saturated heterocycles. The Labute approximate surface area is 132 Å². The molecule has 0 saturated carbocycles. The van der Waals surface area contributed by atoms with Gasteiger partial charge in [0, 0.05) is 12.1 Å². The lowest BCUT2D eigenvalue weighted by Gasteiger charge is -1.95. The third-order valence-electron chi connectivity index (χ3n) is 2.31. The number of non-ortho nitro benzene ring substituents is 1. The van der Waals surface area contributed by atoms with Crippen LogP contribution >= 0.6 is 0 Å². The van der Waals surface area contributed by atoms with E-state index in [-0.39, 0.29) is 48.8 Å². The summed E-state index contributed by atoms with van der Waals surface area (Å²) >= 11 is -0.300. The second-order valence-electron chi connectivity index (χ2n) is 3.49. The van der Waals surface area contributed by atoms with E-state index in [1.807, 2.05) is 36.4 Å². The van der Waals surface area contributed by atoms with Crippen LogP contribution in [0.4, 0.5) is 5.69 Å². The van der Waals surface area contributed by atoms with Gasteiger partial charge < -0.3 is 21.7 Å². The minimum Gasteiger partial charge on any atom is -1.00 e. The van der Waals surface area contributed by atoms with Crippen LogP contribution in [0.1, 0.15) is 0 Å². The van der Waals surface area contributed by atoms with Gasteiger partial charge in [-0.1, -0.05) is 0 Å². The van der Waals surface area contributed by atoms with Crippen molar-refractivity contribution in [1.82, 2.24) is 0 Å². The van der Waals surface area contributed by atoms with Crippen molar-refractivity contribution in [3.8, 4) is 5.75 Å². The highest BCUT2D eigenvalue weighted by molar-refractivity contribution is 5.28. The number of rotatable bonds is 4. The quantitative estimate of drug-likeness (QED) is 0.288. The van der Waals surface area contributed by atoms with E-state index >= 15 is 0 Å². The van der Waals surface area contributed by atoms with Crippen LogP contribution in [0.25, 0.3) is 0 Å². The predicted octanol–water partition coefficient (Wildman–Crippen LogP) is -3.26. The molecule has 2 aromatic carbocycles. The number of nitro benzene ring substituents is 1. The number of nitrogens with zero attached hydrogens (tertiary/aromatic N) is 1. The van der Waals surface area contributed by atoms with Crippen molar-refractivity contribution in [3.63, 3.8) is 0 Å². The molecule has 0 unspecified atom stereocenters. The summed E-state index contributed by atoms with van der Waals surface area (Å²) in [6.07, 6.45) is 0. The average Bonchev–Trinajstić information content (AvgIpc) is 2.40. The van der Waals surface area contributed by atoms with Crippen molar-refractivity contribution in [2.24, 2.45) is 0 Å². The summed E-state index contributed by atoms with van der Waals surface area (Å²) < 4.78 is 7.51. The SMILES string of the molecule is COc1ccc([I+]c2ccc([N+](=O)[O-])cc2)cc1.[Br-]. The van der Waals surface area contributed by atoms with E-state index in [2.05, 4.69) is 0 Å². The molecule has 0 aliphatic rings. The molecule has 2 rings (SSSR count). The zero-order valence-corrected chi connectivity index (χ0v) is 13.8. The second kappa shape index (κ2) is 7.44. The number of benzene rings is 2. The fourth-order valence-electron chi connectivity index (χ4n) is 1.39. The van der Waals surface area contributed by atoms with Gasteiger partial charge in [0.25, 0.3) is 5.69 Å². The lowest BCUT2D eigenvalue weighted by Crippen LogP contribution is -3.61. The van der Waals surface area contributed by atoms with E-state index in [0.29, 0.717) is 0 Å². The fourth-order valence-corrected chi connectivity index (χ4v) is 3.54. The topological polar surface area (TPSA) is 52.4 Å². The number of nitro groups is 1. The molecule has 0 N–H and O–H groups in total. The van der Waals surface area contributed by atoms with E-state index in [4.69, 9.17) is 4.74 Å². The van der Waals surface area contributed by atoms with Gasteiger partial charge in [0.2, 0.25) is 0 Å². The van der Waals surface area contributed by atoms with Gasteiger partial charge in [-0.25, -0.2) is 0 Å². The highest BCUT2D eigenvalue weighted by Crippen LogP contribution is 2.08. The van der Waals surface area contributed by atoms with Crippen LogP contribution in [0, 0.1) is 17.3 Å². The lowest BCUT2D eigenvalue weighted by molar-refractivity contribution is -0.597. The monoisotopic (exact) mass is 435 g/mol. The van der Waals surface area contributed by atoms with E-state index < -0.39 is 0 Å². The van der Waals surface area contributed by atoms with E-state index in [1.165, 1.54) is 3.57 Å². The maximum absolute atomic E-state index is 10.5. The van der Waals surface area contributed by atoms with Gasteiger partial charge >= 0.3 is 21.2 Å². The van der Waals surface area contributed by atoms with Gasteiger partial charge in [-0.3, -0.25) is 10.1 Å². The largest absolute Gasteiger partial charge is 1.00 e. The fraction of sp³-hybridized carbons (Fsp3) is 0.0769. The molecule has 2 aromatic rings. The summed E-state index contributed by atoms with van der Waals surface area (Å²) in [4.78, 5) is 10.2. The summed E-state index contributed by atoms with van der Waals surface area (Å²) in [7, 11) is 1.64. The zero-order valence-electron chi connectivity index (χ0n) is 10.0. The van der Waals surface area contributed by atoms with Gasteiger partial charge in [0.05, 0.1) is 12.0 Å². The maximum atomic E-state index is 10.5. The van der Waals surface area contributed by atoms with Gasteiger partial charge in [0.15, 0.2) is 7.14 Å². The third-order valence-corrected chi connectivity index (χ3v) is 4.99. The Balaban J connectivity index is 0.00000180. The predicted molar refractivity (Wildman–Crippen MR) is 63.5 cm³/mol. The second-order valence-corrected chi connectivity index (χ2v) is 6.52. The number of ether oxygens (including phenoxy) is 1. The van der Waals surface area contributed by atoms with Crippen LogP contribution < -0.4 is 42.9 Å². The molecule has 0 spiro atoms. The molecule has 0 atom stereocenters. The average molecular weight is 436 g/mol. The Kier molecular flexibility index (Phi) is 6.23. The number of halogens is 2. The van der Waals surface area contributed by atoms with Gasteiger partial charge in [-0.15, -0.1) is 0 Å². The van der Waals surface area contributed by atoms with E-state index in [1.54, 1.807) is 19.2 Å². The Morgan fingerprint density at radius 1 is 1.00 bits per heavy atom. The van der Waals surface area contributed by atoms with Crippen molar-refractivity contribution in [2.45, 2.75) is 0 Å². The normalized spacial score (nSPS) is 9.53. The Hall–Kier alpha value is -1.15. The summed E-state index contributed by atoms with van der Waals surface area (Å²) in [6, 6.07) is 14.7. The molecular weight excluding hydrogens is 425 g/mol. The summed E-state index contributed by atoms with van der Waals surface area (Å²) in [6.45, 7) is 0. The molecule has 0 bridgehead atoms. The van der Waals surface area contributed by atoms with Crippen LogP contribution in [0.5, 0.6) is 5.75 Å². The molecule has 0 heterocycles. The number of hydrogen-bond donors (Lipinski definition) is 0. The van der Waals surface area contributed by atoms with Gasteiger partial charge in [-0.05, 0) is 36.4 Å². The summed E-state index contributed by atoms with van der Waals surface area (Å²) in [5.41, 5.74) is 0.137. The molecule has 0 aromatic heterocycles. The Morgan fingerprint density at radius 2 is 1.47 bits per heavy atom. The van der Waals surface area contributed by atoms with Gasteiger partial charge in [-0.2, -0.15) is 0 Å². The number of hydrogen-bond acceptors (Lipinski definition) is 3.